The number of aromatic amines is 1. The second-order valence-corrected chi connectivity index (χ2v) is 4.08. The summed E-state index contributed by atoms with van der Waals surface area (Å²) in [6.45, 7) is 6.02. The van der Waals surface area contributed by atoms with Gasteiger partial charge in [0.2, 0.25) is 0 Å². The Morgan fingerprint density at radius 1 is 1.33 bits per heavy atom. The lowest BCUT2D eigenvalue weighted by Gasteiger charge is -2.07. The van der Waals surface area contributed by atoms with E-state index in [0.717, 1.165) is 16.9 Å². The van der Waals surface area contributed by atoms with Crippen molar-refractivity contribution in [1.29, 1.82) is 0 Å². The van der Waals surface area contributed by atoms with Crippen molar-refractivity contribution in [2.75, 3.05) is 0 Å². The van der Waals surface area contributed by atoms with Gasteiger partial charge in [0, 0.05) is 5.92 Å². The van der Waals surface area contributed by atoms with Crippen LogP contribution >= 0.6 is 0 Å². The molecule has 0 fully saturated rings. The summed E-state index contributed by atoms with van der Waals surface area (Å²) in [7, 11) is 0. The molecule has 3 heteroatoms. The summed E-state index contributed by atoms with van der Waals surface area (Å²) in [6.07, 6.45) is 0. The Labute approximate surface area is 88.2 Å². The maximum absolute atomic E-state index is 11.7. The van der Waals surface area contributed by atoms with E-state index in [1.165, 1.54) is 0 Å². The van der Waals surface area contributed by atoms with Crippen LogP contribution in [-0.4, -0.2) is 9.97 Å². The molecule has 1 aromatic carbocycles. The lowest BCUT2D eigenvalue weighted by atomic mass is 10.1. The quantitative estimate of drug-likeness (QED) is 0.771. The van der Waals surface area contributed by atoms with E-state index < -0.39 is 0 Å². The molecular weight excluding hydrogens is 188 g/mol. The Kier molecular flexibility index (Phi) is 2.31. The van der Waals surface area contributed by atoms with Crippen LogP contribution in [0.25, 0.3) is 10.9 Å². The molecule has 1 aromatic heterocycles. The molecule has 0 atom stereocenters. The molecule has 0 bridgehead atoms. The van der Waals surface area contributed by atoms with Crippen LogP contribution in [0, 0.1) is 6.92 Å². The van der Waals surface area contributed by atoms with Gasteiger partial charge in [-0.05, 0) is 18.6 Å². The normalized spacial score (nSPS) is 11.2. The number of nitrogens with one attached hydrogen (secondary N) is 1. The smallest absolute Gasteiger partial charge is 0.280 e. The molecule has 1 heterocycles. The molecule has 0 radical (unpaired) electrons. The first-order chi connectivity index (χ1) is 7.09. The number of aromatic nitrogens is 2. The van der Waals surface area contributed by atoms with Gasteiger partial charge in [-0.15, -0.1) is 0 Å². The molecule has 0 spiro atoms. The number of nitrogens with zero attached hydrogens (tertiary/aromatic N) is 1. The molecule has 1 N–H and O–H groups in total. The molecular formula is C12H14N2O. The number of rotatable bonds is 1. The van der Waals surface area contributed by atoms with Crippen LogP contribution in [-0.2, 0) is 0 Å². The predicted octanol–water partition coefficient (Wildman–Crippen LogP) is 2.35. The van der Waals surface area contributed by atoms with E-state index in [0.29, 0.717) is 5.39 Å². The number of aryl methyl sites for hydroxylation is 1. The van der Waals surface area contributed by atoms with E-state index in [1.807, 2.05) is 32.9 Å². The minimum atomic E-state index is -0.142. The van der Waals surface area contributed by atoms with Gasteiger partial charge in [-0.1, -0.05) is 26.0 Å². The zero-order valence-electron chi connectivity index (χ0n) is 9.16. The average molecular weight is 202 g/mol. The molecule has 0 aliphatic heterocycles. The summed E-state index contributed by atoms with van der Waals surface area (Å²) in [4.78, 5) is 19.0. The second kappa shape index (κ2) is 3.50. The van der Waals surface area contributed by atoms with Crippen molar-refractivity contribution in [3.63, 3.8) is 0 Å². The molecule has 0 unspecified atom stereocenters. The number of benzene rings is 1. The molecule has 0 saturated heterocycles. The molecule has 15 heavy (non-hydrogen) atoms. The van der Waals surface area contributed by atoms with E-state index in [1.54, 1.807) is 6.07 Å². The number of H-pyrrole nitrogens is 1. The third kappa shape index (κ3) is 1.65. The van der Waals surface area contributed by atoms with Crippen LogP contribution in [0.1, 0.15) is 31.2 Å². The predicted molar refractivity (Wildman–Crippen MR) is 61.2 cm³/mol. The van der Waals surface area contributed by atoms with Crippen LogP contribution in [0.5, 0.6) is 0 Å². The van der Waals surface area contributed by atoms with Crippen molar-refractivity contribution >= 4 is 10.9 Å². The van der Waals surface area contributed by atoms with Crippen molar-refractivity contribution in [2.24, 2.45) is 0 Å². The number of hydrogen-bond acceptors (Lipinski definition) is 2. The van der Waals surface area contributed by atoms with Crippen LogP contribution in [0.4, 0.5) is 0 Å². The third-order valence-electron chi connectivity index (χ3n) is 2.53. The van der Waals surface area contributed by atoms with E-state index in [9.17, 15) is 4.79 Å². The van der Waals surface area contributed by atoms with E-state index in [2.05, 4.69) is 9.97 Å². The lowest BCUT2D eigenvalue weighted by molar-refractivity contribution is 0.776. The van der Waals surface area contributed by atoms with Gasteiger partial charge in [0.05, 0.1) is 10.9 Å². The molecule has 2 rings (SSSR count). The number of hydrogen-bond donors (Lipinski definition) is 1. The topological polar surface area (TPSA) is 45.8 Å². The van der Waals surface area contributed by atoms with E-state index in [4.69, 9.17) is 0 Å². The Morgan fingerprint density at radius 2 is 2.07 bits per heavy atom. The fourth-order valence-corrected chi connectivity index (χ4v) is 1.61. The molecule has 0 saturated carbocycles. The van der Waals surface area contributed by atoms with Crippen LogP contribution in [0.15, 0.2) is 23.0 Å². The lowest BCUT2D eigenvalue weighted by Crippen LogP contribution is -2.13. The summed E-state index contributed by atoms with van der Waals surface area (Å²) >= 11 is 0. The summed E-state index contributed by atoms with van der Waals surface area (Å²) < 4.78 is 0. The zero-order valence-corrected chi connectivity index (χ0v) is 9.16. The highest BCUT2D eigenvalue weighted by molar-refractivity contribution is 5.80. The highest BCUT2D eigenvalue weighted by atomic mass is 16.1. The monoisotopic (exact) mass is 202 g/mol. The Balaban J connectivity index is 2.86. The van der Waals surface area contributed by atoms with E-state index in [-0.39, 0.29) is 11.5 Å². The van der Waals surface area contributed by atoms with Crippen molar-refractivity contribution in [3.05, 3.63) is 39.9 Å². The van der Waals surface area contributed by atoms with Gasteiger partial charge in [0.25, 0.3) is 5.56 Å². The fraction of sp³-hybridized carbons (Fsp3) is 0.333. The first-order valence-electron chi connectivity index (χ1n) is 5.09. The molecule has 78 valence electrons. The summed E-state index contributed by atoms with van der Waals surface area (Å²) in [5.74, 6) is 0.989. The first kappa shape index (κ1) is 9.90. The Hall–Kier alpha value is -1.64. The summed E-state index contributed by atoms with van der Waals surface area (Å²) in [6, 6.07) is 5.67. The third-order valence-corrected chi connectivity index (χ3v) is 2.53. The molecule has 0 aliphatic rings. The van der Waals surface area contributed by atoms with Gasteiger partial charge >= 0.3 is 0 Å². The standard InChI is InChI=1S/C12H14N2O/c1-7(2)11-13-10-8(3)5-4-6-9(10)12(15)14-11/h4-7H,1-3H3,(H,13,14,15). The van der Waals surface area contributed by atoms with Gasteiger partial charge in [-0.3, -0.25) is 4.79 Å². The van der Waals surface area contributed by atoms with Gasteiger partial charge in [-0.25, -0.2) is 0 Å². The second-order valence-electron chi connectivity index (χ2n) is 4.08. The largest absolute Gasteiger partial charge is 0.343 e. The molecule has 3 nitrogen and oxygen atoms in total. The minimum absolute atomic E-state index is 0.142. The molecule has 0 amide bonds. The summed E-state index contributed by atoms with van der Waals surface area (Å²) in [5.41, 5.74) is 1.84. The fourth-order valence-electron chi connectivity index (χ4n) is 1.61. The molecule has 2 aromatic rings. The van der Waals surface area contributed by atoms with Crippen LogP contribution in [0.3, 0.4) is 0 Å². The SMILES string of the molecule is Cc1cccc2c(=O)nc(C(C)C)[nH]c12. The highest BCUT2D eigenvalue weighted by Gasteiger charge is 2.07. The van der Waals surface area contributed by atoms with Gasteiger partial charge in [0.1, 0.15) is 5.82 Å². The van der Waals surface area contributed by atoms with Gasteiger partial charge < -0.3 is 4.98 Å². The first-order valence-corrected chi connectivity index (χ1v) is 5.09. The average Bonchev–Trinajstić information content (AvgIpc) is 2.19. The minimum Gasteiger partial charge on any atom is -0.343 e. The molecule has 0 aliphatic carbocycles. The Bertz CT molecular complexity index is 555. The maximum atomic E-state index is 11.7. The Morgan fingerprint density at radius 3 is 2.73 bits per heavy atom. The zero-order chi connectivity index (χ0) is 11.0. The van der Waals surface area contributed by atoms with E-state index >= 15 is 0 Å². The van der Waals surface area contributed by atoms with Crippen LogP contribution in [0.2, 0.25) is 0 Å². The van der Waals surface area contributed by atoms with Gasteiger partial charge in [-0.2, -0.15) is 4.98 Å². The highest BCUT2D eigenvalue weighted by Crippen LogP contribution is 2.15. The van der Waals surface area contributed by atoms with Crippen molar-refractivity contribution in [3.8, 4) is 0 Å². The van der Waals surface area contributed by atoms with Crippen LogP contribution < -0.4 is 5.56 Å². The maximum Gasteiger partial charge on any atom is 0.280 e. The van der Waals surface area contributed by atoms with Crippen molar-refractivity contribution in [1.82, 2.24) is 9.97 Å². The number of para-hydroxylation sites is 1. The number of fused-ring (bicyclic) bond motifs is 1. The van der Waals surface area contributed by atoms with Crippen molar-refractivity contribution < 1.29 is 0 Å². The van der Waals surface area contributed by atoms with Gasteiger partial charge in [0.15, 0.2) is 0 Å². The van der Waals surface area contributed by atoms with Crippen molar-refractivity contribution in [2.45, 2.75) is 26.7 Å². The summed E-state index contributed by atoms with van der Waals surface area (Å²) in [5, 5.41) is 0.666.